The van der Waals surface area contributed by atoms with Gasteiger partial charge in [0, 0.05) is 0 Å². The van der Waals surface area contributed by atoms with E-state index in [1.165, 1.54) is 0 Å². The van der Waals surface area contributed by atoms with E-state index in [4.69, 9.17) is 0 Å². The van der Waals surface area contributed by atoms with Gasteiger partial charge in [0.15, 0.2) is 23.3 Å². The summed E-state index contributed by atoms with van der Waals surface area (Å²) < 4.78 is 77.3. The molecule has 0 unspecified atom stereocenters. The van der Waals surface area contributed by atoms with E-state index in [2.05, 4.69) is 0 Å². The normalized spacial score (nSPS) is 18.6. The Bertz CT molecular complexity index is 347. The SMILES string of the molecule is FCCCCCCCCC1(F)C(F)=C(F)C(F)=C1F. The molecule has 0 atom stereocenters. The van der Waals surface area contributed by atoms with Gasteiger partial charge in [0.1, 0.15) is 0 Å². The minimum Gasteiger partial charge on any atom is -0.251 e. The predicted molar refractivity (Wildman–Crippen MR) is 60.6 cm³/mol. The Hall–Kier alpha value is -0.940. The Morgan fingerprint density at radius 2 is 1.11 bits per heavy atom. The van der Waals surface area contributed by atoms with Crippen molar-refractivity contribution in [1.82, 2.24) is 0 Å². The Balaban J connectivity index is 2.37. The number of hydrogen-bond acceptors (Lipinski definition) is 0. The quantitative estimate of drug-likeness (QED) is 0.396. The van der Waals surface area contributed by atoms with E-state index in [-0.39, 0.29) is 6.42 Å². The lowest BCUT2D eigenvalue weighted by molar-refractivity contribution is 0.167. The fourth-order valence-corrected chi connectivity index (χ4v) is 2.03. The first kappa shape index (κ1) is 16.1. The summed E-state index contributed by atoms with van der Waals surface area (Å²) in [6.45, 7) is -0.391. The molecule has 0 N–H and O–H groups in total. The third kappa shape index (κ3) is 3.54. The Labute approximate surface area is 108 Å². The van der Waals surface area contributed by atoms with Crippen molar-refractivity contribution in [3.8, 4) is 0 Å². The lowest BCUT2D eigenvalue weighted by Gasteiger charge is -2.17. The molecule has 110 valence electrons. The highest BCUT2D eigenvalue weighted by molar-refractivity contribution is 5.44. The summed E-state index contributed by atoms with van der Waals surface area (Å²) in [6, 6.07) is 0. The van der Waals surface area contributed by atoms with Gasteiger partial charge in [-0.05, 0) is 19.3 Å². The van der Waals surface area contributed by atoms with Gasteiger partial charge >= 0.3 is 0 Å². The summed E-state index contributed by atoms with van der Waals surface area (Å²) in [5.74, 6) is -8.19. The van der Waals surface area contributed by atoms with Crippen molar-refractivity contribution in [3.63, 3.8) is 0 Å². The summed E-state index contributed by atoms with van der Waals surface area (Å²) in [5.41, 5.74) is -3.28. The highest BCUT2D eigenvalue weighted by Crippen LogP contribution is 2.48. The van der Waals surface area contributed by atoms with Gasteiger partial charge in [-0.3, -0.25) is 4.39 Å². The van der Waals surface area contributed by atoms with Crippen LogP contribution in [0.4, 0.5) is 26.3 Å². The van der Waals surface area contributed by atoms with Crippen LogP contribution < -0.4 is 0 Å². The maximum Gasteiger partial charge on any atom is 0.219 e. The number of rotatable bonds is 8. The molecule has 0 saturated carbocycles. The highest BCUT2D eigenvalue weighted by atomic mass is 19.2. The number of hydrogen-bond donors (Lipinski definition) is 0. The van der Waals surface area contributed by atoms with Crippen molar-refractivity contribution in [1.29, 1.82) is 0 Å². The first-order chi connectivity index (χ1) is 8.95. The second kappa shape index (κ2) is 7.01. The molecule has 0 aromatic heterocycles. The lowest BCUT2D eigenvalue weighted by Crippen LogP contribution is -2.22. The van der Waals surface area contributed by atoms with Gasteiger partial charge in [0.25, 0.3) is 0 Å². The van der Waals surface area contributed by atoms with Gasteiger partial charge in [-0.2, -0.15) is 0 Å². The molecule has 19 heavy (non-hydrogen) atoms. The van der Waals surface area contributed by atoms with E-state index >= 15 is 0 Å². The Morgan fingerprint density at radius 1 is 0.684 bits per heavy atom. The number of unbranched alkanes of at least 4 members (excludes halogenated alkanes) is 5. The van der Waals surface area contributed by atoms with Crippen molar-refractivity contribution in [2.45, 2.75) is 50.6 Å². The van der Waals surface area contributed by atoms with Crippen molar-refractivity contribution in [2.24, 2.45) is 0 Å². The van der Waals surface area contributed by atoms with E-state index in [0.29, 0.717) is 25.7 Å². The molecule has 0 aliphatic heterocycles. The number of allylic oxidation sites excluding steroid dienone is 4. The molecule has 0 radical (unpaired) electrons. The third-order valence-corrected chi connectivity index (χ3v) is 3.18. The van der Waals surface area contributed by atoms with Gasteiger partial charge in [0.05, 0.1) is 6.67 Å². The van der Waals surface area contributed by atoms with Crippen LogP contribution in [-0.2, 0) is 0 Å². The van der Waals surface area contributed by atoms with Crippen molar-refractivity contribution < 1.29 is 26.3 Å². The number of halogens is 6. The minimum absolute atomic E-state index is 0.105. The lowest BCUT2D eigenvalue weighted by atomic mass is 9.97. The van der Waals surface area contributed by atoms with Gasteiger partial charge in [-0.25, -0.2) is 22.0 Å². The molecule has 0 saturated heterocycles. The molecule has 0 aromatic rings. The maximum atomic E-state index is 13.8. The molecular weight excluding hydrogens is 270 g/mol. The molecule has 1 rings (SSSR count). The van der Waals surface area contributed by atoms with Crippen LogP contribution in [0.2, 0.25) is 0 Å². The fourth-order valence-electron chi connectivity index (χ4n) is 2.03. The van der Waals surface area contributed by atoms with Crippen LogP contribution >= 0.6 is 0 Å². The first-order valence-corrected chi connectivity index (χ1v) is 6.32. The summed E-state index contributed by atoms with van der Waals surface area (Å²) >= 11 is 0. The Kier molecular flexibility index (Phi) is 5.94. The molecule has 0 fully saturated rings. The minimum atomic E-state index is -3.28. The van der Waals surface area contributed by atoms with Crippen molar-refractivity contribution in [2.75, 3.05) is 6.67 Å². The molecule has 0 aromatic carbocycles. The van der Waals surface area contributed by atoms with Gasteiger partial charge in [-0.1, -0.05) is 25.7 Å². The first-order valence-electron chi connectivity index (χ1n) is 6.32. The molecule has 0 amide bonds. The molecular formula is C13H16F6. The van der Waals surface area contributed by atoms with Crippen molar-refractivity contribution in [3.05, 3.63) is 23.3 Å². The van der Waals surface area contributed by atoms with Crippen LogP contribution in [0.1, 0.15) is 44.9 Å². The highest BCUT2D eigenvalue weighted by Gasteiger charge is 2.51. The standard InChI is InChI=1S/C13H16F6/c14-8-6-4-2-1-3-5-7-13(19)11(17)9(15)10(16)12(13)18/h1-8H2. The topological polar surface area (TPSA) is 0 Å². The predicted octanol–water partition coefficient (Wildman–Crippen LogP) is 5.71. The molecule has 0 heterocycles. The van der Waals surface area contributed by atoms with Crippen LogP contribution in [-0.4, -0.2) is 12.3 Å². The molecule has 0 bridgehead atoms. The average Bonchev–Trinajstić information content (AvgIpc) is 2.54. The van der Waals surface area contributed by atoms with Crippen LogP contribution in [0, 0.1) is 0 Å². The zero-order valence-corrected chi connectivity index (χ0v) is 10.4. The zero-order valence-electron chi connectivity index (χ0n) is 10.4. The summed E-state index contributed by atoms with van der Waals surface area (Å²) in [4.78, 5) is 0. The van der Waals surface area contributed by atoms with E-state index in [1.54, 1.807) is 0 Å². The summed E-state index contributed by atoms with van der Waals surface area (Å²) in [7, 11) is 0. The van der Waals surface area contributed by atoms with Gasteiger partial charge in [0.2, 0.25) is 5.67 Å². The van der Waals surface area contributed by atoms with E-state index < -0.39 is 42.1 Å². The largest absolute Gasteiger partial charge is 0.251 e. The fraction of sp³-hybridized carbons (Fsp3) is 0.692. The second-order valence-electron chi connectivity index (χ2n) is 4.62. The smallest absolute Gasteiger partial charge is 0.219 e. The zero-order chi connectivity index (χ0) is 14.5. The maximum absolute atomic E-state index is 13.8. The second-order valence-corrected chi connectivity index (χ2v) is 4.62. The van der Waals surface area contributed by atoms with E-state index in [1.807, 2.05) is 0 Å². The summed E-state index contributed by atoms with van der Waals surface area (Å²) in [5, 5.41) is 0. The average molecular weight is 286 g/mol. The number of alkyl halides is 2. The Morgan fingerprint density at radius 3 is 1.58 bits per heavy atom. The van der Waals surface area contributed by atoms with E-state index in [0.717, 1.165) is 6.42 Å². The van der Waals surface area contributed by atoms with Crippen LogP contribution in [0.3, 0.4) is 0 Å². The molecule has 0 spiro atoms. The van der Waals surface area contributed by atoms with Crippen LogP contribution in [0.15, 0.2) is 23.3 Å². The van der Waals surface area contributed by atoms with E-state index in [9.17, 15) is 26.3 Å². The molecule has 1 aliphatic carbocycles. The van der Waals surface area contributed by atoms with Crippen molar-refractivity contribution >= 4 is 0 Å². The third-order valence-electron chi connectivity index (χ3n) is 3.18. The van der Waals surface area contributed by atoms with Crippen LogP contribution in [0.25, 0.3) is 0 Å². The summed E-state index contributed by atoms with van der Waals surface area (Å²) in [6.07, 6.45) is 2.51. The van der Waals surface area contributed by atoms with Gasteiger partial charge in [-0.15, -0.1) is 0 Å². The monoisotopic (exact) mass is 286 g/mol. The molecule has 6 heteroatoms. The molecule has 0 nitrogen and oxygen atoms in total. The van der Waals surface area contributed by atoms with Crippen LogP contribution in [0.5, 0.6) is 0 Å². The van der Waals surface area contributed by atoms with Gasteiger partial charge < -0.3 is 0 Å². The molecule has 1 aliphatic rings.